The number of carbonyl (C=O) groups is 2. The second-order valence-electron chi connectivity index (χ2n) is 8.71. The van der Waals surface area contributed by atoms with Crippen LogP contribution in [0.15, 0.2) is 30.5 Å². The first-order valence-electron chi connectivity index (χ1n) is 10.1. The second-order valence-corrected chi connectivity index (χ2v) is 9.15. The first-order valence-corrected chi connectivity index (χ1v) is 10.5. The molecule has 1 aromatic carbocycles. The van der Waals surface area contributed by atoms with E-state index < -0.39 is 23.6 Å². The fraction of sp³-hybridized carbons (Fsp3) is 0.524. The standard InChI is InChI=1S/C21H28ClN5O4/c1-21(2,3)18(20(30)26-11-15(28)9-17(26)19(29)23-4)27-10-14(24-25-27)12-31-16-7-5-13(22)6-8-16/h5-8,10,15,17-18,28H,9,11-12H2,1-4H3,(H,23,29)/t15?,17-,18?/m1/s1. The first-order chi connectivity index (χ1) is 14.6. The Morgan fingerprint density at radius 2 is 2.00 bits per heavy atom. The Labute approximate surface area is 186 Å². The number of rotatable bonds is 6. The number of carbonyl (C=O) groups excluding carboxylic acids is 2. The molecule has 9 nitrogen and oxygen atoms in total. The summed E-state index contributed by atoms with van der Waals surface area (Å²) in [5.41, 5.74) is 0.0428. The summed E-state index contributed by atoms with van der Waals surface area (Å²) in [6.07, 6.45) is 1.14. The molecule has 0 radical (unpaired) electrons. The third-order valence-electron chi connectivity index (χ3n) is 5.19. The molecule has 0 saturated carbocycles. The zero-order valence-electron chi connectivity index (χ0n) is 18.1. The monoisotopic (exact) mass is 449 g/mol. The summed E-state index contributed by atoms with van der Waals surface area (Å²) in [5, 5.41) is 21.6. The van der Waals surface area contributed by atoms with Crippen molar-refractivity contribution in [1.82, 2.24) is 25.2 Å². The molecule has 3 atom stereocenters. The van der Waals surface area contributed by atoms with Crippen LogP contribution in [0.25, 0.3) is 0 Å². The van der Waals surface area contributed by atoms with Crippen LogP contribution in [0.3, 0.4) is 0 Å². The van der Waals surface area contributed by atoms with Gasteiger partial charge in [-0.2, -0.15) is 0 Å². The van der Waals surface area contributed by atoms with Crippen LogP contribution in [0.5, 0.6) is 5.75 Å². The normalized spacial score (nSPS) is 19.9. The van der Waals surface area contributed by atoms with Gasteiger partial charge in [-0.1, -0.05) is 37.6 Å². The number of aromatic nitrogens is 3. The quantitative estimate of drug-likeness (QED) is 0.696. The van der Waals surface area contributed by atoms with Gasteiger partial charge in [0.25, 0.3) is 0 Å². The van der Waals surface area contributed by atoms with Crippen molar-refractivity contribution >= 4 is 23.4 Å². The Balaban J connectivity index is 1.79. The number of nitrogens with one attached hydrogen (secondary N) is 1. The predicted molar refractivity (Wildman–Crippen MR) is 114 cm³/mol. The zero-order chi connectivity index (χ0) is 22.8. The molecule has 1 saturated heterocycles. The van der Waals surface area contributed by atoms with E-state index in [0.717, 1.165) is 0 Å². The minimum atomic E-state index is -0.744. The molecule has 1 aliphatic rings. The summed E-state index contributed by atoms with van der Waals surface area (Å²) < 4.78 is 7.22. The van der Waals surface area contributed by atoms with Gasteiger partial charge >= 0.3 is 0 Å². The molecule has 2 aromatic rings. The van der Waals surface area contributed by atoms with Crippen molar-refractivity contribution in [3.8, 4) is 5.75 Å². The van der Waals surface area contributed by atoms with E-state index in [2.05, 4.69) is 15.6 Å². The van der Waals surface area contributed by atoms with Gasteiger partial charge in [0.1, 0.15) is 30.1 Å². The van der Waals surface area contributed by atoms with E-state index in [0.29, 0.717) is 16.5 Å². The molecule has 10 heteroatoms. The smallest absolute Gasteiger partial charge is 0.248 e. The highest BCUT2D eigenvalue weighted by Gasteiger charge is 2.44. The van der Waals surface area contributed by atoms with E-state index in [1.165, 1.54) is 16.6 Å². The number of likely N-dealkylation sites (tertiary alicyclic amines) is 1. The van der Waals surface area contributed by atoms with Crippen molar-refractivity contribution < 1.29 is 19.4 Å². The van der Waals surface area contributed by atoms with E-state index in [9.17, 15) is 14.7 Å². The lowest BCUT2D eigenvalue weighted by molar-refractivity contribution is -0.144. The number of β-amino-alcohol motifs (C(OH)–C–C–N with tert-alkyl or cyclic N) is 1. The topological polar surface area (TPSA) is 110 Å². The number of amides is 2. The third-order valence-corrected chi connectivity index (χ3v) is 5.44. The Morgan fingerprint density at radius 3 is 2.61 bits per heavy atom. The van der Waals surface area contributed by atoms with Gasteiger partial charge in [-0.05, 0) is 29.7 Å². The number of nitrogens with zero attached hydrogens (tertiary/aromatic N) is 4. The lowest BCUT2D eigenvalue weighted by atomic mass is 9.85. The van der Waals surface area contributed by atoms with E-state index in [-0.39, 0.29) is 31.4 Å². The highest BCUT2D eigenvalue weighted by Crippen LogP contribution is 2.34. The maximum atomic E-state index is 13.5. The van der Waals surface area contributed by atoms with E-state index in [4.69, 9.17) is 16.3 Å². The Kier molecular flexibility index (Phi) is 6.86. The van der Waals surface area contributed by atoms with Gasteiger partial charge < -0.3 is 20.1 Å². The first kappa shape index (κ1) is 23.0. The van der Waals surface area contributed by atoms with Gasteiger partial charge in [-0.25, -0.2) is 4.68 Å². The number of hydrogen-bond acceptors (Lipinski definition) is 6. The van der Waals surface area contributed by atoms with Crippen LogP contribution in [0.4, 0.5) is 0 Å². The minimum Gasteiger partial charge on any atom is -0.487 e. The maximum Gasteiger partial charge on any atom is 0.248 e. The number of aliphatic hydroxyl groups excluding tert-OH is 1. The van der Waals surface area contributed by atoms with Crippen LogP contribution in [-0.2, 0) is 16.2 Å². The van der Waals surface area contributed by atoms with Crippen molar-refractivity contribution in [3.05, 3.63) is 41.2 Å². The van der Waals surface area contributed by atoms with Gasteiger partial charge in [-0.3, -0.25) is 9.59 Å². The van der Waals surface area contributed by atoms with Crippen LogP contribution in [0.1, 0.15) is 38.9 Å². The average molecular weight is 450 g/mol. The number of benzene rings is 1. The lowest BCUT2D eigenvalue weighted by Crippen LogP contribution is -2.49. The number of aliphatic hydroxyl groups is 1. The van der Waals surface area contributed by atoms with Gasteiger partial charge in [0.15, 0.2) is 0 Å². The van der Waals surface area contributed by atoms with E-state index in [1.54, 1.807) is 30.5 Å². The van der Waals surface area contributed by atoms with Crippen LogP contribution in [0, 0.1) is 5.41 Å². The van der Waals surface area contributed by atoms with Crippen molar-refractivity contribution in [3.63, 3.8) is 0 Å². The van der Waals surface area contributed by atoms with Crippen molar-refractivity contribution in [2.75, 3.05) is 13.6 Å². The van der Waals surface area contributed by atoms with Gasteiger partial charge in [-0.15, -0.1) is 5.10 Å². The molecule has 2 heterocycles. The summed E-state index contributed by atoms with van der Waals surface area (Å²) >= 11 is 5.88. The molecule has 1 fully saturated rings. The summed E-state index contributed by atoms with van der Waals surface area (Å²) in [6, 6.07) is 5.55. The molecule has 1 aliphatic heterocycles. The summed E-state index contributed by atoms with van der Waals surface area (Å²) in [6.45, 7) is 6.04. The number of likely N-dealkylation sites (N-methyl/N-ethyl adjacent to an activating group) is 1. The Morgan fingerprint density at radius 1 is 1.32 bits per heavy atom. The van der Waals surface area contributed by atoms with E-state index >= 15 is 0 Å². The van der Waals surface area contributed by atoms with Gasteiger partial charge in [0, 0.05) is 25.0 Å². The van der Waals surface area contributed by atoms with Gasteiger partial charge in [0.05, 0.1) is 12.3 Å². The molecule has 168 valence electrons. The number of halogens is 1. The molecule has 3 rings (SSSR count). The molecular weight excluding hydrogens is 422 g/mol. The molecule has 2 amide bonds. The third kappa shape index (κ3) is 5.34. The van der Waals surface area contributed by atoms with Crippen LogP contribution in [0.2, 0.25) is 5.02 Å². The summed E-state index contributed by atoms with van der Waals surface area (Å²) in [5.74, 6) is 0.0581. The predicted octanol–water partition coefficient (Wildman–Crippen LogP) is 1.81. The van der Waals surface area contributed by atoms with Crippen molar-refractivity contribution in [2.24, 2.45) is 5.41 Å². The SMILES string of the molecule is CNC(=O)[C@H]1CC(O)CN1C(=O)C(n1cc(COc2ccc(Cl)cc2)nn1)C(C)(C)C. The van der Waals surface area contributed by atoms with Crippen LogP contribution in [-0.4, -0.2) is 62.6 Å². The highest BCUT2D eigenvalue weighted by atomic mass is 35.5. The Bertz CT molecular complexity index is 925. The minimum absolute atomic E-state index is 0.102. The average Bonchev–Trinajstić information content (AvgIpc) is 3.32. The van der Waals surface area contributed by atoms with Crippen molar-refractivity contribution in [2.45, 2.75) is 52.0 Å². The second kappa shape index (κ2) is 9.23. The molecule has 0 bridgehead atoms. The fourth-order valence-corrected chi connectivity index (χ4v) is 3.83. The molecule has 0 spiro atoms. The molecule has 0 aliphatic carbocycles. The molecule has 2 unspecified atom stereocenters. The maximum absolute atomic E-state index is 13.5. The summed E-state index contributed by atoms with van der Waals surface area (Å²) in [7, 11) is 1.52. The molecule has 1 aromatic heterocycles. The Hall–Kier alpha value is -2.65. The summed E-state index contributed by atoms with van der Waals surface area (Å²) in [4.78, 5) is 27.2. The van der Waals surface area contributed by atoms with Gasteiger partial charge in [0.2, 0.25) is 11.8 Å². The largest absolute Gasteiger partial charge is 0.487 e. The fourth-order valence-electron chi connectivity index (χ4n) is 3.70. The molecule has 2 N–H and O–H groups in total. The van der Waals surface area contributed by atoms with Crippen LogP contribution >= 0.6 is 11.6 Å². The zero-order valence-corrected chi connectivity index (χ0v) is 18.8. The highest BCUT2D eigenvalue weighted by molar-refractivity contribution is 6.30. The number of ether oxygens (including phenoxy) is 1. The lowest BCUT2D eigenvalue weighted by Gasteiger charge is -2.34. The van der Waals surface area contributed by atoms with E-state index in [1.807, 2.05) is 20.8 Å². The van der Waals surface area contributed by atoms with Crippen molar-refractivity contribution in [1.29, 1.82) is 0 Å². The van der Waals surface area contributed by atoms with Crippen LogP contribution < -0.4 is 10.1 Å². The number of hydrogen-bond donors (Lipinski definition) is 2. The molecular formula is C21H28ClN5O4. The molecule has 31 heavy (non-hydrogen) atoms.